The number of fused-ring (bicyclic) bond motifs is 1. The molecular formula is C20H26N2O4S2. The number of nitrogens with one attached hydrogen (secondary N) is 1. The van der Waals surface area contributed by atoms with E-state index in [1.54, 1.807) is 16.7 Å². The fraction of sp³-hybridized carbons (Fsp3) is 0.550. The molecule has 0 spiro atoms. The van der Waals surface area contributed by atoms with E-state index >= 15 is 0 Å². The van der Waals surface area contributed by atoms with E-state index < -0.39 is 17.3 Å². The van der Waals surface area contributed by atoms with Gasteiger partial charge in [-0.05, 0) is 43.4 Å². The molecule has 2 aliphatic rings. The summed E-state index contributed by atoms with van der Waals surface area (Å²) in [5.74, 6) is -0.0946. The zero-order valence-corrected chi connectivity index (χ0v) is 17.6. The van der Waals surface area contributed by atoms with Gasteiger partial charge in [0.05, 0.1) is 17.7 Å². The molecule has 2 fully saturated rings. The summed E-state index contributed by atoms with van der Waals surface area (Å²) in [6.45, 7) is 0. The molecule has 1 N–H and O–H groups in total. The van der Waals surface area contributed by atoms with Crippen molar-refractivity contribution in [2.75, 3.05) is 12.9 Å². The van der Waals surface area contributed by atoms with Crippen LogP contribution in [-0.4, -0.2) is 58.3 Å². The standard InChI is InChI=1S/C20H26N2O4S2/c1-26-20(25)15-8-5-9-17-22(15)19(24)14(10-11-28-17)21-18(23)16(27)12-13-6-3-2-4-7-13/h2-4,6-7,14-17,27H,5,8-12H2,1H3,(H,21,23)/t14-,15?,16-,17-/m0/s1. The number of thiol groups is 1. The molecular weight excluding hydrogens is 396 g/mol. The van der Waals surface area contributed by atoms with E-state index in [2.05, 4.69) is 17.9 Å². The number of thioether (sulfide) groups is 1. The summed E-state index contributed by atoms with van der Waals surface area (Å²) >= 11 is 6.11. The summed E-state index contributed by atoms with van der Waals surface area (Å²) in [7, 11) is 1.34. The van der Waals surface area contributed by atoms with Crippen LogP contribution >= 0.6 is 24.4 Å². The van der Waals surface area contributed by atoms with Crippen molar-refractivity contribution in [3.05, 3.63) is 35.9 Å². The van der Waals surface area contributed by atoms with Crippen LogP contribution in [0.2, 0.25) is 0 Å². The third kappa shape index (κ3) is 4.84. The van der Waals surface area contributed by atoms with E-state index in [-0.39, 0.29) is 23.2 Å². The lowest BCUT2D eigenvalue weighted by atomic mass is 10.00. The Bertz CT molecular complexity index is 715. The summed E-state index contributed by atoms with van der Waals surface area (Å²) in [6.07, 6.45) is 3.37. The van der Waals surface area contributed by atoms with E-state index in [1.807, 2.05) is 30.3 Å². The van der Waals surface area contributed by atoms with Crippen LogP contribution in [0.25, 0.3) is 0 Å². The van der Waals surface area contributed by atoms with Gasteiger partial charge in [-0.15, -0.1) is 11.8 Å². The molecule has 6 nitrogen and oxygen atoms in total. The number of nitrogens with zero attached hydrogens (tertiary/aromatic N) is 1. The molecule has 0 aromatic heterocycles. The van der Waals surface area contributed by atoms with Gasteiger partial charge in [-0.1, -0.05) is 30.3 Å². The van der Waals surface area contributed by atoms with Crippen LogP contribution < -0.4 is 5.32 Å². The Labute approximate surface area is 175 Å². The van der Waals surface area contributed by atoms with E-state index in [4.69, 9.17) is 4.74 Å². The summed E-state index contributed by atoms with van der Waals surface area (Å²) in [4.78, 5) is 39.7. The molecule has 0 aliphatic carbocycles. The number of esters is 1. The molecule has 152 valence electrons. The quantitative estimate of drug-likeness (QED) is 0.561. The second-order valence-electron chi connectivity index (χ2n) is 7.10. The van der Waals surface area contributed by atoms with Gasteiger partial charge in [-0.3, -0.25) is 9.59 Å². The topological polar surface area (TPSA) is 75.7 Å². The van der Waals surface area contributed by atoms with Gasteiger partial charge in [0.2, 0.25) is 11.8 Å². The maximum absolute atomic E-state index is 13.2. The summed E-state index contributed by atoms with van der Waals surface area (Å²) in [5, 5.41) is 2.29. The molecule has 0 saturated carbocycles. The first-order valence-electron chi connectivity index (χ1n) is 9.55. The van der Waals surface area contributed by atoms with Gasteiger partial charge in [0.1, 0.15) is 12.1 Å². The second kappa shape index (κ2) is 9.69. The van der Waals surface area contributed by atoms with E-state index in [0.717, 1.165) is 24.2 Å². The lowest BCUT2D eigenvalue weighted by Gasteiger charge is -2.40. The zero-order valence-electron chi connectivity index (χ0n) is 15.9. The first kappa shape index (κ1) is 21.0. The smallest absolute Gasteiger partial charge is 0.328 e. The molecule has 2 heterocycles. The SMILES string of the molecule is COC(=O)C1CCC[C@@H]2SCC[C@H](NC(=O)[C@@H](S)Cc3ccccc3)C(=O)N12. The van der Waals surface area contributed by atoms with Gasteiger partial charge in [-0.2, -0.15) is 12.6 Å². The lowest BCUT2D eigenvalue weighted by molar-refractivity contribution is -0.156. The third-order valence-electron chi connectivity index (χ3n) is 5.21. The molecule has 1 unspecified atom stereocenters. The number of piperidine rings is 1. The van der Waals surface area contributed by atoms with Crippen LogP contribution in [-0.2, 0) is 25.5 Å². The van der Waals surface area contributed by atoms with Crippen molar-refractivity contribution in [2.24, 2.45) is 0 Å². The lowest BCUT2D eigenvalue weighted by Crippen LogP contribution is -2.58. The highest BCUT2D eigenvalue weighted by molar-refractivity contribution is 7.99. The largest absolute Gasteiger partial charge is 0.467 e. The number of methoxy groups -OCH3 is 1. The van der Waals surface area contributed by atoms with Gasteiger partial charge >= 0.3 is 5.97 Å². The number of carbonyl (C=O) groups is 3. The van der Waals surface area contributed by atoms with Crippen LogP contribution in [0.5, 0.6) is 0 Å². The molecule has 2 aliphatic heterocycles. The molecule has 0 bridgehead atoms. The monoisotopic (exact) mass is 422 g/mol. The highest BCUT2D eigenvalue weighted by atomic mass is 32.2. The van der Waals surface area contributed by atoms with Gasteiger partial charge < -0.3 is 15.0 Å². The average molecular weight is 423 g/mol. The van der Waals surface area contributed by atoms with E-state index in [9.17, 15) is 14.4 Å². The molecule has 3 rings (SSSR count). The maximum atomic E-state index is 13.2. The van der Waals surface area contributed by atoms with Crippen molar-refractivity contribution in [1.82, 2.24) is 10.2 Å². The number of hydrogen-bond acceptors (Lipinski definition) is 6. The van der Waals surface area contributed by atoms with Gasteiger partial charge in [0.15, 0.2) is 0 Å². The molecule has 0 radical (unpaired) electrons. The van der Waals surface area contributed by atoms with Gasteiger partial charge in [0, 0.05) is 0 Å². The van der Waals surface area contributed by atoms with Crippen LogP contribution in [0.15, 0.2) is 30.3 Å². The Morgan fingerprint density at radius 1 is 1.29 bits per heavy atom. The summed E-state index contributed by atoms with van der Waals surface area (Å²) < 4.78 is 4.91. The first-order chi connectivity index (χ1) is 13.5. The fourth-order valence-electron chi connectivity index (χ4n) is 3.75. The van der Waals surface area contributed by atoms with E-state index in [1.165, 1.54) is 7.11 Å². The van der Waals surface area contributed by atoms with Crippen molar-refractivity contribution in [3.8, 4) is 0 Å². The Morgan fingerprint density at radius 2 is 2.04 bits per heavy atom. The summed E-state index contributed by atoms with van der Waals surface area (Å²) in [5.41, 5.74) is 1.02. The summed E-state index contributed by atoms with van der Waals surface area (Å²) in [6, 6.07) is 8.45. The first-order valence-corrected chi connectivity index (χ1v) is 11.1. The molecule has 2 amide bonds. The van der Waals surface area contributed by atoms with Crippen molar-refractivity contribution in [3.63, 3.8) is 0 Å². The molecule has 1 aromatic rings. The highest BCUT2D eigenvalue weighted by Gasteiger charge is 2.43. The Morgan fingerprint density at radius 3 is 2.75 bits per heavy atom. The Kier molecular flexibility index (Phi) is 7.29. The predicted octanol–water partition coefficient (Wildman–Crippen LogP) is 2.03. The van der Waals surface area contributed by atoms with Crippen molar-refractivity contribution < 1.29 is 19.1 Å². The number of ether oxygens (including phenoxy) is 1. The fourth-order valence-corrected chi connectivity index (χ4v) is 5.42. The number of carbonyl (C=O) groups excluding carboxylic acids is 3. The normalized spacial score (nSPS) is 26.0. The minimum Gasteiger partial charge on any atom is -0.467 e. The van der Waals surface area contributed by atoms with Crippen molar-refractivity contribution in [2.45, 2.75) is 54.8 Å². The van der Waals surface area contributed by atoms with E-state index in [0.29, 0.717) is 19.3 Å². The molecule has 4 atom stereocenters. The van der Waals surface area contributed by atoms with Gasteiger partial charge in [-0.25, -0.2) is 4.79 Å². The number of hydrogen-bond donors (Lipinski definition) is 2. The average Bonchev–Trinajstić information content (AvgIpc) is 2.87. The van der Waals surface area contributed by atoms with Crippen LogP contribution in [0.3, 0.4) is 0 Å². The van der Waals surface area contributed by atoms with Crippen molar-refractivity contribution in [1.29, 1.82) is 0 Å². The number of amides is 2. The van der Waals surface area contributed by atoms with Crippen LogP contribution in [0, 0.1) is 0 Å². The van der Waals surface area contributed by atoms with Crippen LogP contribution in [0.1, 0.15) is 31.2 Å². The number of benzene rings is 1. The second-order valence-corrected chi connectivity index (χ2v) is 9.01. The zero-order chi connectivity index (χ0) is 20.1. The van der Waals surface area contributed by atoms with Crippen LogP contribution in [0.4, 0.5) is 0 Å². The molecule has 8 heteroatoms. The highest BCUT2D eigenvalue weighted by Crippen LogP contribution is 2.34. The molecule has 2 saturated heterocycles. The predicted molar refractivity (Wildman–Crippen MR) is 112 cm³/mol. The minimum absolute atomic E-state index is 0.0385. The van der Waals surface area contributed by atoms with Crippen molar-refractivity contribution >= 4 is 42.2 Å². The molecule has 28 heavy (non-hydrogen) atoms. The van der Waals surface area contributed by atoms with Gasteiger partial charge in [0.25, 0.3) is 0 Å². The minimum atomic E-state index is -0.638. The third-order valence-corrected chi connectivity index (χ3v) is 6.94. The maximum Gasteiger partial charge on any atom is 0.328 e. The Hall–Kier alpha value is -1.67. The Balaban J connectivity index is 1.68. The number of rotatable bonds is 5. The molecule has 1 aromatic carbocycles.